The number of thiazole rings is 1. The summed E-state index contributed by atoms with van der Waals surface area (Å²) in [6, 6.07) is 15.0. The van der Waals surface area contributed by atoms with Crippen molar-refractivity contribution < 1.29 is 4.79 Å². The molecule has 3 nitrogen and oxygen atoms in total. The normalized spacial score (nSPS) is 11.1. The van der Waals surface area contributed by atoms with Gasteiger partial charge < -0.3 is 0 Å². The smallest absolute Gasteiger partial charge is 0.260 e. The fourth-order valence-electron chi connectivity index (χ4n) is 2.37. The number of amides is 1. The highest BCUT2D eigenvalue weighted by Crippen LogP contribution is 2.30. The molecule has 3 aromatic rings. The zero-order valence-corrected chi connectivity index (χ0v) is 14.6. The van der Waals surface area contributed by atoms with Crippen LogP contribution in [0.4, 0.5) is 5.13 Å². The Balaban J connectivity index is 2.01. The van der Waals surface area contributed by atoms with Crippen LogP contribution in [0.2, 0.25) is 5.02 Å². The minimum absolute atomic E-state index is 0.0692. The lowest BCUT2D eigenvalue weighted by Crippen LogP contribution is -2.34. The number of carbonyl (C=O) groups is 1. The van der Waals surface area contributed by atoms with E-state index in [2.05, 4.69) is 18.8 Å². The SMILES string of the molecule is CC(C)CN(C(=O)c1cccc(Cl)c1)c1nc2ccccc2s1. The Labute approximate surface area is 144 Å². The first-order valence-corrected chi connectivity index (χ1v) is 8.67. The third-order valence-electron chi connectivity index (χ3n) is 3.38. The van der Waals surface area contributed by atoms with E-state index >= 15 is 0 Å². The van der Waals surface area contributed by atoms with E-state index in [1.807, 2.05) is 24.3 Å². The van der Waals surface area contributed by atoms with Gasteiger partial charge in [-0.15, -0.1) is 0 Å². The van der Waals surface area contributed by atoms with Crippen LogP contribution in [0.3, 0.4) is 0 Å². The van der Waals surface area contributed by atoms with Crippen LogP contribution in [0, 0.1) is 5.92 Å². The molecule has 0 aliphatic rings. The first-order valence-electron chi connectivity index (χ1n) is 7.47. The second kappa shape index (κ2) is 6.69. The van der Waals surface area contributed by atoms with Gasteiger partial charge in [-0.25, -0.2) is 4.98 Å². The van der Waals surface area contributed by atoms with Crippen LogP contribution < -0.4 is 4.90 Å². The van der Waals surface area contributed by atoms with Crippen molar-refractivity contribution in [2.24, 2.45) is 5.92 Å². The average molecular weight is 345 g/mol. The van der Waals surface area contributed by atoms with Gasteiger partial charge in [0.25, 0.3) is 5.91 Å². The van der Waals surface area contributed by atoms with E-state index in [-0.39, 0.29) is 5.91 Å². The molecule has 0 fully saturated rings. The summed E-state index contributed by atoms with van der Waals surface area (Å²) in [7, 11) is 0. The molecule has 0 saturated heterocycles. The molecule has 1 aromatic heterocycles. The van der Waals surface area contributed by atoms with Crippen molar-refractivity contribution in [1.82, 2.24) is 4.98 Å². The lowest BCUT2D eigenvalue weighted by molar-refractivity contribution is 0.0984. The number of hydrogen-bond donors (Lipinski definition) is 0. The topological polar surface area (TPSA) is 33.2 Å². The number of carbonyl (C=O) groups excluding carboxylic acids is 1. The van der Waals surface area contributed by atoms with Crippen molar-refractivity contribution >= 4 is 44.2 Å². The highest BCUT2D eigenvalue weighted by molar-refractivity contribution is 7.22. The molecule has 0 spiro atoms. The molecular weight excluding hydrogens is 328 g/mol. The lowest BCUT2D eigenvalue weighted by Gasteiger charge is -2.22. The van der Waals surface area contributed by atoms with Gasteiger partial charge in [-0.05, 0) is 36.2 Å². The van der Waals surface area contributed by atoms with Gasteiger partial charge in [0.15, 0.2) is 5.13 Å². The molecule has 23 heavy (non-hydrogen) atoms. The molecular formula is C18H17ClN2OS. The van der Waals surface area contributed by atoms with Crippen LogP contribution in [0.1, 0.15) is 24.2 Å². The monoisotopic (exact) mass is 344 g/mol. The molecule has 0 N–H and O–H groups in total. The fourth-order valence-corrected chi connectivity index (χ4v) is 3.53. The number of anilines is 1. The van der Waals surface area contributed by atoms with E-state index < -0.39 is 0 Å². The largest absolute Gasteiger partial charge is 0.284 e. The van der Waals surface area contributed by atoms with Gasteiger partial charge in [-0.1, -0.05) is 55.0 Å². The van der Waals surface area contributed by atoms with E-state index in [0.717, 1.165) is 15.3 Å². The molecule has 118 valence electrons. The molecule has 0 unspecified atom stereocenters. The minimum Gasteiger partial charge on any atom is -0.284 e. The molecule has 1 heterocycles. The first kappa shape index (κ1) is 16.0. The molecule has 3 rings (SSSR count). The van der Waals surface area contributed by atoms with E-state index in [1.165, 1.54) is 11.3 Å². The molecule has 2 aromatic carbocycles. The minimum atomic E-state index is -0.0692. The summed E-state index contributed by atoms with van der Waals surface area (Å²) in [5.74, 6) is 0.269. The van der Waals surface area contributed by atoms with Crippen LogP contribution in [-0.2, 0) is 0 Å². The Morgan fingerprint density at radius 1 is 1.22 bits per heavy atom. The van der Waals surface area contributed by atoms with Gasteiger partial charge in [0.05, 0.1) is 10.2 Å². The van der Waals surface area contributed by atoms with Gasteiger partial charge in [-0.3, -0.25) is 9.69 Å². The Morgan fingerprint density at radius 2 is 2.00 bits per heavy atom. The molecule has 0 atom stereocenters. The maximum Gasteiger partial charge on any atom is 0.260 e. The Morgan fingerprint density at radius 3 is 2.70 bits per heavy atom. The van der Waals surface area contributed by atoms with Crippen molar-refractivity contribution in [3.8, 4) is 0 Å². The predicted octanol–water partition coefficient (Wildman–Crippen LogP) is 5.25. The molecule has 0 radical (unpaired) electrons. The van der Waals surface area contributed by atoms with E-state index in [9.17, 15) is 4.79 Å². The van der Waals surface area contributed by atoms with Gasteiger partial charge in [0.1, 0.15) is 0 Å². The van der Waals surface area contributed by atoms with Crippen LogP contribution in [-0.4, -0.2) is 17.4 Å². The zero-order valence-electron chi connectivity index (χ0n) is 13.0. The molecule has 0 bridgehead atoms. The molecule has 0 saturated carbocycles. The van der Waals surface area contributed by atoms with Crippen molar-refractivity contribution in [1.29, 1.82) is 0 Å². The Kier molecular flexibility index (Phi) is 4.64. The number of rotatable bonds is 4. The number of halogens is 1. The third-order valence-corrected chi connectivity index (χ3v) is 4.67. The number of benzene rings is 2. The second-order valence-corrected chi connectivity index (χ2v) is 7.23. The molecule has 0 aliphatic heterocycles. The predicted molar refractivity (Wildman–Crippen MR) is 97.6 cm³/mol. The van der Waals surface area contributed by atoms with Crippen LogP contribution in [0.15, 0.2) is 48.5 Å². The standard InChI is InChI=1S/C18H17ClN2OS/c1-12(2)11-21(17(22)13-6-5-7-14(19)10-13)18-20-15-8-3-4-9-16(15)23-18/h3-10,12H,11H2,1-2H3. The highest BCUT2D eigenvalue weighted by Gasteiger charge is 2.22. The zero-order chi connectivity index (χ0) is 16.4. The van der Waals surface area contributed by atoms with Crippen molar-refractivity contribution in [3.05, 3.63) is 59.1 Å². The number of aromatic nitrogens is 1. The average Bonchev–Trinajstić information content (AvgIpc) is 2.95. The summed E-state index contributed by atoms with van der Waals surface area (Å²) in [6.07, 6.45) is 0. The summed E-state index contributed by atoms with van der Waals surface area (Å²) in [5, 5.41) is 1.29. The maximum absolute atomic E-state index is 12.9. The first-order chi connectivity index (χ1) is 11.0. The summed E-state index contributed by atoms with van der Waals surface area (Å²) in [6.45, 7) is 4.79. The van der Waals surface area contributed by atoms with Crippen molar-refractivity contribution in [3.63, 3.8) is 0 Å². The fraction of sp³-hybridized carbons (Fsp3) is 0.222. The van der Waals surface area contributed by atoms with E-state index in [4.69, 9.17) is 11.6 Å². The summed E-state index contributed by atoms with van der Waals surface area (Å²) >= 11 is 7.56. The highest BCUT2D eigenvalue weighted by atomic mass is 35.5. The van der Waals surface area contributed by atoms with Crippen LogP contribution in [0.5, 0.6) is 0 Å². The number of nitrogens with zero attached hydrogens (tertiary/aromatic N) is 2. The number of hydrogen-bond acceptors (Lipinski definition) is 3. The number of para-hydroxylation sites is 1. The van der Waals surface area contributed by atoms with E-state index in [1.54, 1.807) is 29.2 Å². The maximum atomic E-state index is 12.9. The Hall–Kier alpha value is -1.91. The van der Waals surface area contributed by atoms with Gasteiger partial charge in [0, 0.05) is 17.1 Å². The molecule has 1 amide bonds. The second-order valence-electron chi connectivity index (χ2n) is 5.78. The Bertz CT molecular complexity index is 811. The van der Waals surface area contributed by atoms with Gasteiger partial charge in [0.2, 0.25) is 0 Å². The summed E-state index contributed by atoms with van der Waals surface area (Å²) < 4.78 is 1.08. The third kappa shape index (κ3) is 3.54. The van der Waals surface area contributed by atoms with Gasteiger partial charge >= 0.3 is 0 Å². The number of fused-ring (bicyclic) bond motifs is 1. The molecule has 5 heteroatoms. The van der Waals surface area contributed by atoms with Crippen LogP contribution >= 0.6 is 22.9 Å². The van der Waals surface area contributed by atoms with Crippen LogP contribution in [0.25, 0.3) is 10.2 Å². The van der Waals surface area contributed by atoms with Crippen molar-refractivity contribution in [2.45, 2.75) is 13.8 Å². The quantitative estimate of drug-likeness (QED) is 0.647. The summed E-state index contributed by atoms with van der Waals surface area (Å²) in [5.41, 5.74) is 1.50. The summed E-state index contributed by atoms with van der Waals surface area (Å²) in [4.78, 5) is 19.3. The van der Waals surface area contributed by atoms with Gasteiger partial charge in [-0.2, -0.15) is 0 Å². The van der Waals surface area contributed by atoms with Crippen molar-refractivity contribution in [2.75, 3.05) is 11.4 Å². The molecule has 0 aliphatic carbocycles. The van der Waals surface area contributed by atoms with E-state index in [0.29, 0.717) is 23.0 Å². The lowest BCUT2D eigenvalue weighted by atomic mass is 10.1.